The number of hydrogen-bond acceptors (Lipinski definition) is 4. The minimum atomic E-state index is 0.0847. The molecule has 2 saturated heterocycles. The van der Waals surface area contributed by atoms with E-state index in [1.807, 2.05) is 23.9 Å². The third-order valence-corrected chi connectivity index (χ3v) is 8.79. The summed E-state index contributed by atoms with van der Waals surface area (Å²) in [6.07, 6.45) is 6.21. The summed E-state index contributed by atoms with van der Waals surface area (Å²) in [7, 11) is 0. The van der Waals surface area contributed by atoms with Gasteiger partial charge in [0.05, 0.1) is 0 Å². The molecule has 1 unspecified atom stereocenters. The van der Waals surface area contributed by atoms with E-state index in [1.54, 1.807) is 0 Å². The Kier molecular flexibility index (Phi) is 8.06. The third-order valence-electron chi connectivity index (χ3n) is 7.35. The quantitative estimate of drug-likeness (QED) is 0.629. The predicted octanol–water partition coefficient (Wildman–Crippen LogP) is 4.95. The molecule has 2 amide bonds. The summed E-state index contributed by atoms with van der Waals surface area (Å²) in [6, 6.07) is 4.10. The summed E-state index contributed by atoms with van der Waals surface area (Å²) in [5, 5.41) is 3.77. The molecular formula is C25H36ClN3O2S. The number of carbonyl (C=O) groups is 2. The summed E-state index contributed by atoms with van der Waals surface area (Å²) in [4.78, 5) is 30.0. The smallest absolute Gasteiger partial charge is 0.226 e. The highest BCUT2D eigenvalue weighted by atomic mass is 35.5. The summed E-state index contributed by atoms with van der Waals surface area (Å²) in [5.74, 6) is 3.43. The molecule has 0 aromatic heterocycles. The van der Waals surface area contributed by atoms with Gasteiger partial charge >= 0.3 is 0 Å². The van der Waals surface area contributed by atoms with Gasteiger partial charge in [0, 0.05) is 55.3 Å². The molecule has 1 N–H and O–H groups in total. The van der Waals surface area contributed by atoms with E-state index in [9.17, 15) is 9.59 Å². The van der Waals surface area contributed by atoms with E-state index >= 15 is 0 Å². The van der Waals surface area contributed by atoms with E-state index in [0.717, 1.165) is 73.8 Å². The third kappa shape index (κ3) is 5.81. The second-order valence-electron chi connectivity index (χ2n) is 9.82. The minimum Gasteiger partial charge on any atom is -0.337 e. The van der Waals surface area contributed by atoms with E-state index < -0.39 is 0 Å². The predicted molar refractivity (Wildman–Crippen MR) is 133 cm³/mol. The van der Waals surface area contributed by atoms with Crippen LogP contribution in [0.4, 0.5) is 5.69 Å². The van der Waals surface area contributed by atoms with Gasteiger partial charge in [-0.3, -0.25) is 14.5 Å². The molecule has 5 nitrogen and oxygen atoms in total. The van der Waals surface area contributed by atoms with Gasteiger partial charge in [-0.15, -0.1) is 0 Å². The standard InChI is InChI=1S/C25H36ClN3O2S/c1-17-14-28(8-9-29(17)25(31)20-5-3-4-6-20)15-21-12-22(26)13-23(18(21)2)27-24(30)11-19-7-10-32-16-19/h12-13,17,19-20H,3-11,14-16H2,1-2H3,(H,27,30)/t17-,19?/m0/s1. The number of halogens is 1. The van der Waals surface area contributed by atoms with Crippen LogP contribution in [0.5, 0.6) is 0 Å². The van der Waals surface area contributed by atoms with Crippen LogP contribution in [0.25, 0.3) is 0 Å². The molecule has 0 bridgehead atoms. The lowest BCUT2D eigenvalue weighted by atomic mass is 10.0. The zero-order chi connectivity index (χ0) is 22.7. The number of hydrogen-bond donors (Lipinski definition) is 1. The number of rotatable bonds is 6. The molecule has 0 radical (unpaired) electrons. The van der Waals surface area contributed by atoms with Crippen LogP contribution in [0.15, 0.2) is 12.1 Å². The van der Waals surface area contributed by atoms with E-state index in [0.29, 0.717) is 23.3 Å². The van der Waals surface area contributed by atoms with Crippen LogP contribution in [-0.4, -0.2) is 58.8 Å². The van der Waals surface area contributed by atoms with Crippen molar-refractivity contribution in [2.45, 2.75) is 65.0 Å². The van der Waals surface area contributed by atoms with E-state index in [1.165, 1.54) is 12.8 Å². The van der Waals surface area contributed by atoms with Crippen molar-refractivity contribution in [3.8, 4) is 0 Å². The monoisotopic (exact) mass is 477 g/mol. The van der Waals surface area contributed by atoms with Crippen LogP contribution in [-0.2, 0) is 16.1 Å². The van der Waals surface area contributed by atoms with E-state index in [-0.39, 0.29) is 17.9 Å². The summed E-state index contributed by atoms with van der Waals surface area (Å²) >= 11 is 8.37. The van der Waals surface area contributed by atoms with Crippen LogP contribution >= 0.6 is 23.4 Å². The highest BCUT2D eigenvalue weighted by Crippen LogP contribution is 2.30. The zero-order valence-corrected chi connectivity index (χ0v) is 20.9. The van der Waals surface area contributed by atoms with Gasteiger partial charge in [0.25, 0.3) is 0 Å². The van der Waals surface area contributed by atoms with Gasteiger partial charge in [-0.25, -0.2) is 0 Å². The van der Waals surface area contributed by atoms with Crippen molar-refractivity contribution in [1.29, 1.82) is 0 Å². The molecule has 3 aliphatic rings. The van der Waals surface area contributed by atoms with Gasteiger partial charge < -0.3 is 10.2 Å². The fraction of sp³-hybridized carbons (Fsp3) is 0.680. The number of thioether (sulfide) groups is 1. The van der Waals surface area contributed by atoms with Crippen LogP contribution in [0.2, 0.25) is 5.02 Å². The maximum atomic E-state index is 12.9. The molecule has 1 saturated carbocycles. The van der Waals surface area contributed by atoms with Crippen molar-refractivity contribution >= 4 is 40.9 Å². The minimum absolute atomic E-state index is 0.0847. The Labute approximate surface area is 201 Å². The summed E-state index contributed by atoms with van der Waals surface area (Å²) in [5.41, 5.74) is 3.05. The lowest BCUT2D eigenvalue weighted by molar-refractivity contribution is -0.140. The largest absolute Gasteiger partial charge is 0.337 e. The molecule has 4 rings (SSSR count). The Morgan fingerprint density at radius 2 is 1.97 bits per heavy atom. The average Bonchev–Trinajstić information content (AvgIpc) is 3.45. The number of amides is 2. The molecule has 2 aliphatic heterocycles. The number of anilines is 1. The van der Waals surface area contributed by atoms with Crippen molar-refractivity contribution in [3.63, 3.8) is 0 Å². The van der Waals surface area contributed by atoms with Gasteiger partial charge in [-0.1, -0.05) is 24.4 Å². The molecule has 1 aromatic rings. The molecular weight excluding hydrogens is 442 g/mol. The van der Waals surface area contributed by atoms with Gasteiger partial charge in [0.1, 0.15) is 0 Å². The van der Waals surface area contributed by atoms with Crippen molar-refractivity contribution in [2.75, 3.05) is 36.5 Å². The SMILES string of the molecule is Cc1c(CN2CCN(C(=O)C3CCCC3)[C@@H](C)C2)cc(Cl)cc1NC(=O)CC1CCSC1. The number of carbonyl (C=O) groups excluding carboxylic acids is 2. The van der Waals surface area contributed by atoms with Crippen LogP contribution < -0.4 is 5.32 Å². The second kappa shape index (κ2) is 10.8. The van der Waals surface area contributed by atoms with Crippen molar-refractivity contribution in [2.24, 2.45) is 11.8 Å². The molecule has 2 atom stereocenters. The first kappa shape index (κ1) is 23.9. The lowest BCUT2D eigenvalue weighted by Gasteiger charge is -2.41. The molecule has 2 heterocycles. The Hall–Kier alpha value is -1.24. The van der Waals surface area contributed by atoms with Gasteiger partial charge in [-0.2, -0.15) is 11.8 Å². The second-order valence-corrected chi connectivity index (χ2v) is 11.4. The average molecular weight is 478 g/mol. The molecule has 7 heteroatoms. The van der Waals surface area contributed by atoms with Gasteiger partial charge in [0.15, 0.2) is 0 Å². The Morgan fingerprint density at radius 1 is 1.19 bits per heavy atom. The number of piperazine rings is 1. The number of nitrogens with zero attached hydrogens (tertiary/aromatic N) is 2. The lowest BCUT2D eigenvalue weighted by Crippen LogP contribution is -2.54. The van der Waals surface area contributed by atoms with Gasteiger partial charge in [0.2, 0.25) is 11.8 Å². The molecule has 1 aromatic carbocycles. The fourth-order valence-electron chi connectivity index (χ4n) is 5.39. The topological polar surface area (TPSA) is 52.6 Å². The first-order valence-corrected chi connectivity index (χ1v) is 13.6. The van der Waals surface area contributed by atoms with Crippen molar-refractivity contribution in [3.05, 3.63) is 28.3 Å². The van der Waals surface area contributed by atoms with Crippen LogP contribution in [0.1, 0.15) is 56.6 Å². The zero-order valence-electron chi connectivity index (χ0n) is 19.4. The molecule has 1 aliphatic carbocycles. The molecule has 0 spiro atoms. The Balaban J connectivity index is 1.36. The number of benzene rings is 1. The van der Waals surface area contributed by atoms with E-state index in [4.69, 9.17) is 11.6 Å². The maximum Gasteiger partial charge on any atom is 0.226 e. The summed E-state index contributed by atoms with van der Waals surface area (Å²) < 4.78 is 0. The van der Waals surface area contributed by atoms with Crippen molar-refractivity contribution in [1.82, 2.24) is 9.80 Å². The normalized spacial score (nSPS) is 24.8. The Morgan fingerprint density at radius 3 is 2.66 bits per heavy atom. The maximum absolute atomic E-state index is 12.9. The van der Waals surface area contributed by atoms with Crippen LogP contribution in [0.3, 0.4) is 0 Å². The molecule has 3 fully saturated rings. The fourth-order valence-corrected chi connectivity index (χ4v) is 6.91. The molecule has 176 valence electrons. The van der Waals surface area contributed by atoms with Crippen LogP contribution in [0, 0.1) is 18.8 Å². The number of nitrogens with one attached hydrogen (secondary N) is 1. The first-order valence-electron chi connectivity index (χ1n) is 12.1. The summed E-state index contributed by atoms with van der Waals surface area (Å²) in [6.45, 7) is 7.54. The van der Waals surface area contributed by atoms with Crippen molar-refractivity contribution < 1.29 is 9.59 Å². The highest BCUT2D eigenvalue weighted by Gasteiger charge is 2.33. The van der Waals surface area contributed by atoms with Gasteiger partial charge in [-0.05, 0) is 73.8 Å². The highest BCUT2D eigenvalue weighted by molar-refractivity contribution is 7.99. The van der Waals surface area contributed by atoms with E-state index in [2.05, 4.69) is 29.0 Å². The molecule has 32 heavy (non-hydrogen) atoms. The first-order chi connectivity index (χ1) is 15.4. The Bertz CT molecular complexity index is 837.